The van der Waals surface area contributed by atoms with Crippen LogP contribution < -0.4 is 14.4 Å². The van der Waals surface area contributed by atoms with Gasteiger partial charge < -0.3 is 19.7 Å². The quantitative estimate of drug-likeness (QED) is 0.239. The second-order valence-corrected chi connectivity index (χ2v) is 9.45. The number of hydrogen-bond acceptors (Lipinski definition) is 6. The molecule has 1 atom stereocenters. The van der Waals surface area contributed by atoms with Gasteiger partial charge in [0.2, 0.25) is 0 Å². The van der Waals surface area contributed by atoms with Crippen LogP contribution in [-0.4, -0.2) is 35.1 Å². The molecule has 1 fully saturated rings. The van der Waals surface area contributed by atoms with E-state index in [1.807, 2.05) is 25.1 Å². The molecule has 38 heavy (non-hydrogen) atoms. The molecule has 0 aromatic heterocycles. The Morgan fingerprint density at radius 3 is 2.32 bits per heavy atom. The van der Waals surface area contributed by atoms with E-state index in [1.165, 1.54) is 16.5 Å². The number of amides is 1. The summed E-state index contributed by atoms with van der Waals surface area (Å²) >= 11 is 0. The molecule has 7 heteroatoms. The molecule has 1 saturated heterocycles. The van der Waals surface area contributed by atoms with Crippen molar-refractivity contribution in [2.24, 2.45) is 0 Å². The van der Waals surface area contributed by atoms with Crippen molar-refractivity contribution in [1.82, 2.24) is 0 Å². The van der Waals surface area contributed by atoms with Crippen molar-refractivity contribution in [3.05, 3.63) is 88.5 Å². The highest BCUT2D eigenvalue weighted by atomic mass is 16.5. The zero-order valence-electron chi connectivity index (χ0n) is 21.6. The maximum absolute atomic E-state index is 13.5. The first kappa shape index (κ1) is 25.4. The number of Topliss-reactive ketones (excluding diaryl/α,β-unsaturated/α-hetero) is 1. The molecular formula is C31H31NO6. The number of phenolic OH excluding ortho intramolecular Hbond substituents is 1. The number of anilines is 1. The molecule has 196 valence electrons. The summed E-state index contributed by atoms with van der Waals surface area (Å²) in [5.74, 6) is -0.919. The smallest absolute Gasteiger partial charge is 0.300 e. The molecule has 0 bridgehead atoms. The molecule has 1 aliphatic carbocycles. The minimum absolute atomic E-state index is 0.00668. The van der Waals surface area contributed by atoms with E-state index in [2.05, 4.69) is 0 Å². The van der Waals surface area contributed by atoms with Crippen LogP contribution in [0.25, 0.3) is 5.76 Å². The van der Waals surface area contributed by atoms with Gasteiger partial charge in [-0.3, -0.25) is 14.5 Å². The normalized spacial score (nSPS) is 18.4. The number of aliphatic hydroxyl groups excluding tert-OH is 1. The molecular weight excluding hydrogens is 482 g/mol. The largest absolute Gasteiger partial charge is 0.507 e. The summed E-state index contributed by atoms with van der Waals surface area (Å²) in [5, 5.41) is 21.8. The Balaban J connectivity index is 1.67. The lowest BCUT2D eigenvalue weighted by Crippen LogP contribution is -2.29. The Hall–Kier alpha value is -4.26. The van der Waals surface area contributed by atoms with Crippen LogP contribution in [0.4, 0.5) is 5.69 Å². The van der Waals surface area contributed by atoms with E-state index >= 15 is 0 Å². The fourth-order valence-corrected chi connectivity index (χ4v) is 5.29. The number of rotatable bonds is 7. The van der Waals surface area contributed by atoms with Crippen LogP contribution in [0.2, 0.25) is 0 Å². The summed E-state index contributed by atoms with van der Waals surface area (Å²) < 4.78 is 11.1. The van der Waals surface area contributed by atoms with E-state index in [1.54, 1.807) is 43.3 Å². The number of benzene rings is 3. The predicted molar refractivity (Wildman–Crippen MR) is 145 cm³/mol. The van der Waals surface area contributed by atoms with Crippen LogP contribution in [0.5, 0.6) is 17.2 Å². The molecule has 1 heterocycles. The van der Waals surface area contributed by atoms with Crippen molar-refractivity contribution in [3.8, 4) is 17.2 Å². The molecule has 2 aliphatic rings. The maximum Gasteiger partial charge on any atom is 0.300 e. The van der Waals surface area contributed by atoms with Crippen molar-refractivity contribution in [1.29, 1.82) is 0 Å². The number of carbonyl (C=O) groups excluding carboxylic acids is 2. The predicted octanol–water partition coefficient (Wildman–Crippen LogP) is 5.69. The van der Waals surface area contributed by atoms with Gasteiger partial charge in [0.25, 0.3) is 11.7 Å². The third kappa shape index (κ3) is 4.60. The first-order chi connectivity index (χ1) is 18.4. The highest BCUT2D eigenvalue weighted by molar-refractivity contribution is 6.51. The second kappa shape index (κ2) is 10.6. The van der Waals surface area contributed by atoms with Crippen molar-refractivity contribution < 1.29 is 29.3 Å². The van der Waals surface area contributed by atoms with Crippen LogP contribution in [-0.2, 0) is 22.4 Å². The molecule has 1 amide bonds. The Bertz CT molecular complexity index is 1410. The molecule has 1 unspecified atom stereocenters. The van der Waals surface area contributed by atoms with Gasteiger partial charge in [0.05, 0.1) is 24.8 Å². The molecule has 5 rings (SSSR count). The van der Waals surface area contributed by atoms with Crippen molar-refractivity contribution in [2.75, 3.05) is 18.1 Å². The number of aromatic hydroxyl groups is 1. The number of fused-ring (bicyclic) bond motifs is 1. The van der Waals surface area contributed by atoms with E-state index in [0.29, 0.717) is 35.8 Å². The number of phenols is 1. The zero-order valence-corrected chi connectivity index (χ0v) is 21.6. The molecule has 0 spiro atoms. The number of nitrogens with zero attached hydrogens (tertiary/aromatic N) is 1. The van der Waals surface area contributed by atoms with Gasteiger partial charge in [0, 0.05) is 11.3 Å². The average molecular weight is 514 g/mol. The SMILES string of the molecule is CCOc1ccc(N2C(=O)C(=O)/C(=C(/O)c3ccc4c(c3)CCCC4)C2c2ccc(O)c(OCC)c2)cc1. The Morgan fingerprint density at radius 2 is 1.61 bits per heavy atom. The van der Waals surface area contributed by atoms with Gasteiger partial charge in [-0.2, -0.15) is 0 Å². The molecule has 3 aromatic carbocycles. The molecule has 2 N–H and O–H groups in total. The maximum atomic E-state index is 13.5. The first-order valence-electron chi connectivity index (χ1n) is 13.0. The number of ketones is 1. The zero-order chi connectivity index (χ0) is 26.8. The summed E-state index contributed by atoms with van der Waals surface area (Å²) in [5.41, 5.74) is 3.91. The van der Waals surface area contributed by atoms with Gasteiger partial charge in [-0.1, -0.05) is 18.2 Å². The molecule has 0 saturated carbocycles. The van der Waals surface area contributed by atoms with Gasteiger partial charge in [-0.25, -0.2) is 0 Å². The highest BCUT2D eigenvalue weighted by Crippen LogP contribution is 2.44. The lowest BCUT2D eigenvalue weighted by molar-refractivity contribution is -0.132. The van der Waals surface area contributed by atoms with E-state index in [-0.39, 0.29) is 22.8 Å². The van der Waals surface area contributed by atoms with Crippen LogP contribution >= 0.6 is 0 Å². The summed E-state index contributed by atoms with van der Waals surface area (Å²) in [6.07, 6.45) is 4.11. The third-order valence-electron chi connectivity index (χ3n) is 7.09. The number of carbonyl (C=O) groups is 2. The van der Waals surface area contributed by atoms with Crippen LogP contribution in [0, 0.1) is 0 Å². The lowest BCUT2D eigenvalue weighted by Gasteiger charge is -2.26. The van der Waals surface area contributed by atoms with E-state index in [9.17, 15) is 19.8 Å². The fourth-order valence-electron chi connectivity index (χ4n) is 5.29. The van der Waals surface area contributed by atoms with E-state index in [0.717, 1.165) is 31.2 Å². The summed E-state index contributed by atoms with van der Waals surface area (Å²) in [7, 11) is 0. The number of aryl methyl sites for hydroxylation is 2. The molecule has 0 radical (unpaired) electrons. The van der Waals surface area contributed by atoms with Crippen LogP contribution in [0.1, 0.15) is 55.0 Å². The fraction of sp³-hybridized carbons (Fsp3) is 0.290. The van der Waals surface area contributed by atoms with Crippen molar-refractivity contribution in [3.63, 3.8) is 0 Å². The van der Waals surface area contributed by atoms with Gasteiger partial charge in [-0.15, -0.1) is 0 Å². The van der Waals surface area contributed by atoms with Gasteiger partial charge in [-0.05, 0) is 98.7 Å². The van der Waals surface area contributed by atoms with Crippen LogP contribution in [0.3, 0.4) is 0 Å². The molecule has 1 aliphatic heterocycles. The third-order valence-corrected chi connectivity index (χ3v) is 7.09. The second-order valence-electron chi connectivity index (χ2n) is 9.45. The van der Waals surface area contributed by atoms with Gasteiger partial charge in [0.1, 0.15) is 11.5 Å². The van der Waals surface area contributed by atoms with Crippen molar-refractivity contribution >= 4 is 23.1 Å². The Labute approximate surface area is 221 Å². The number of hydrogen-bond donors (Lipinski definition) is 2. The Morgan fingerprint density at radius 1 is 0.895 bits per heavy atom. The van der Waals surface area contributed by atoms with E-state index < -0.39 is 17.7 Å². The van der Waals surface area contributed by atoms with Gasteiger partial charge >= 0.3 is 0 Å². The minimum Gasteiger partial charge on any atom is -0.507 e. The lowest BCUT2D eigenvalue weighted by atomic mass is 9.88. The van der Waals surface area contributed by atoms with Crippen molar-refractivity contribution in [2.45, 2.75) is 45.6 Å². The summed E-state index contributed by atoms with van der Waals surface area (Å²) in [6, 6.07) is 16.4. The monoisotopic (exact) mass is 513 g/mol. The van der Waals surface area contributed by atoms with E-state index in [4.69, 9.17) is 9.47 Å². The summed E-state index contributed by atoms with van der Waals surface area (Å²) in [6.45, 7) is 4.51. The average Bonchev–Trinajstić information content (AvgIpc) is 3.20. The highest BCUT2D eigenvalue weighted by Gasteiger charge is 2.47. The first-order valence-corrected chi connectivity index (χ1v) is 13.0. The number of ether oxygens (including phenoxy) is 2. The molecule has 7 nitrogen and oxygen atoms in total. The number of aliphatic hydroxyl groups is 1. The Kier molecular flexibility index (Phi) is 7.09. The van der Waals surface area contributed by atoms with Crippen LogP contribution in [0.15, 0.2) is 66.2 Å². The topological polar surface area (TPSA) is 96.3 Å². The minimum atomic E-state index is -0.927. The molecule has 3 aromatic rings. The summed E-state index contributed by atoms with van der Waals surface area (Å²) in [4.78, 5) is 28.4. The standard InChI is InChI=1S/C31H31NO6/c1-3-37-24-14-12-23(13-15-24)32-28(21-11-16-25(33)26(18-21)38-4-2)27(30(35)31(32)36)29(34)22-10-9-19-7-5-6-8-20(19)17-22/h9-18,28,33-34H,3-8H2,1-2H3/b29-27+. The van der Waals surface area contributed by atoms with Gasteiger partial charge in [0.15, 0.2) is 11.5 Å².